The molecule has 2 N–H and O–H groups in total. The Kier molecular flexibility index (Phi) is 3.54. The minimum atomic E-state index is -4.44. The zero-order chi connectivity index (χ0) is 9.35. The fourth-order valence-electron chi connectivity index (χ4n) is 0.774. The molecule has 74 valence electrons. The van der Waals surface area contributed by atoms with Gasteiger partial charge < -0.3 is 5.73 Å². The van der Waals surface area contributed by atoms with Gasteiger partial charge in [0.2, 0.25) is 0 Å². The van der Waals surface area contributed by atoms with Crippen LogP contribution in [-0.2, 0) is 6.18 Å². The smallest absolute Gasteiger partial charge is 0.398 e. The van der Waals surface area contributed by atoms with Gasteiger partial charge in [-0.05, 0) is 18.2 Å². The number of rotatable bonds is 0. The maximum Gasteiger partial charge on any atom is 0.418 e. The molecule has 1 aromatic rings. The van der Waals surface area contributed by atoms with Crippen molar-refractivity contribution in [2.75, 3.05) is 5.73 Å². The molecule has 0 heterocycles. The summed E-state index contributed by atoms with van der Waals surface area (Å²) in [5.74, 6) is 0. The highest BCUT2D eigenvalue weighted by molar-refractivity contribution is 6.30. The van der Waals surface area contributed by atoms with E-state index in [1.807, 2.05) is 0 Å². The largest absolute Gasteiger partial charge is 0.418 e. The lowest BCUT2D eigenvalue weighted by Crippen LogP contribution is -2.08. The van der Waals surface area contributed by atoms with E-state index >= 15 is 0 Å². The van der Waals surface area contributed by atoms with Crippen LogP contribution in [0.4, 0.5) is 23.6 Å². The Hall–Kier alpha value is -0.970. The molecule has 0 aliphatic carbocycles. The predicted octanol–water partition coefficient (Wildman–Crippen LogP) is 3.09. The quantitative estimate of drug-likeness (QED) is 0.522. The first-order valence-electron chi connectivity index (χ1n) is 3.03. The molecule has 0 fully saturated rings. The summed E-state index contributed by atoms with van der Waals surface area (Å²) in [6.45, 7) is 0. The molecule has 0 bridgehead atoms. The van der Waals surface area contributed by atoms with E-state index in [-0.39, 0.29) is 15.4 Å². The van der Waals surface area contributed by atoms with Gasteiger partial charge >= 0.3 is 6.18 Å². The Morgan fingerprint density at radius 1 is 1.23 bits per heavy atom. The summed E-state index contributed by atoms with van der Waals surface area (Å²) in [6, 6.07) is 3.24. The van der Waals surface area contributed by atoms with Crippen molar-refractivity contribution < 1.29 is 17.9 Å². The summed E-state index contributed by atoms with van der Waals surface area (Å²) in [4.78, 5) is 0. The van der Waals surface area contributed by atoms with Crippen molar-refractivity contribution in [3.05, 3.63) is 28.8 Å². The first-order chi connectivity index (χ1) is 5.41. The summed E-state index contributed by atoms with van der Waals surface area (Å²) in [7, 11) is 0. The lowest BCUT2D eigenvalue weighted by Gasteiger charge is -2.09. The van der Waals surface area contributed by atoms with Crippen LogP contribution >= 0.6 is 11.6 Å². The Balaban J connectivity index is 0.00000144. The average Bonchev–Trinajstić information content (AvgIpc) is 1.92. The molecule has 0 unspecified atom stereocenters. The van der Waals surface area contributed by atoms with Gasteiger partial charge in [0, 0.05) is 10.7 Å². The molecule has 1 rings (SSSR count). The molecule has 0 saturated heterocycles. The second-order valence-corrected chi connectivity index (χ2v) is 2.67. The summed E-state index contributed by atoms with van der Waals surface area (Å²) in [5.41, 5.74) is 3.89. The number of halogens is 5. The van der Waals surface area contributed by atoms with E-state index < -0.39 is 11.7 Å². The van der Waals surface area contributed by atoms with Crippen LogP contribution < -0.4 is 5.73 Å². The SMILES string of the molecule is F.Nc1ccc(Cl)cc1C(F)(F)F. The van der Waals surface area contributed by atoms with Crippen molar-refractivity contribution >= 4 is 17.3 Å². The minimum absolute atomic E-state index is 0. The van der Waals surface area contributed by atoms with E-state index in [9.17, 15) is 13.2 Å². The van der Waals surface area contributed by atoms with Crippen molar-refractivity contribution in [1.82, 2.24) is 0 Å². The minimum Gasteiger partial charge on any atom is -0.398 e. The van der Waals surface area contributed by atoms with Gasteiger partial charge in [0.1, 0.15) is 0 Å². The molecular weight excluding hydrogens is 210 g/mol. The van der Waals surface area contributed by atoms with E-state index in [0.717, 1.165) is 12.1 Å². The molecule has 0 amide bonds. The van der Waals surface area contributed by atoms with Gasteiger partial charge in [-0.3, -0.25) is 4.70 Å². The van der Waals surface area contributed by atoms with Gasteiger partial charge in [-0.25, -0.2) is 0 Å². The molecule has 1 nitrogen and oxygen atoms in total. The van der Waals surface area contributed by atoms with Crippen LogP contribution in [0.1, 0.15) is 5.56 Å². The zero-order valence-corrected chi connectivity index (χ0v) is 6.99. The summed E-state index contributed by atoms with van der Waals surface area (Å²) in [5, 5.41) is 0.0246. The molecule has 0 saturated carbocycles. The Morgan fingerprint density at radius 3 is 2.15 bits per heavy atom. The van der Waals surface area contributed by atoms with Crippen molar-refractivity contribution in [2.45, 2.75) is 6.18 Å². The Labute approximate surface area is 76.7 Å². The average molecular weight is 216 g/mol. The third kappa shape index (κ3) is 2.77. The van der Waals surface area contributed by atoms with Crippen LogP contribution in [0.3, 0.4) is 0 Å². The summed E-state index contributed by atoms with van der Waals surface area (Å²) < 4.78 is 36.3. The van der Waals surface area contributed by atoms with Crippen LogP contribution in [0.2, 0.25) is 5.02 Å². The number of hydrogen-bond acceptors (Lipinski definition) is 1. The second-order valence-electron chi connectivity index (χ2n) is 2.23. The van der Waals surface area contributed by atoms with Crippen molar-refractivity contribution in [2.24, 2.45) is 0 Å². The lowest BCUT2D eigenvalue weighted by molar-refractivity contribution is -0.136. The number of nitrogen functional groups attached to an aromatic ring is 1. The monoisotopic (exact) mass is 215 g/mol. The summed E-state index contributed by atoms with van der Waals surface area (Å²) in [6.07, 6.45) is -4.44. The van der Waals surface area contributed by atoms with E-state index in [1.54, 1.807) is 0 Å². The van der Waals surface area contributed by atoms with Gasteiger partial charge in [0.05, 0.1) is 5.56 Å². The number of benzene rings is 1. The van der Waals surface area contributed by atoms with Gasteiger partial charge in [0.25, 0.3) is 0 Å². The molecule has 13 heavy (non-hydrogen) atoms. The lowest BCUT2D eigenvalue weighted by atomic mass is 10.2. The van der Waals surface area contributed by atoms with Crippen molar-refractivity contribution in [3.8, 4) is 0 Å². The van der Waals surface area contributed by atoms with Crippen LogP contribution in [0.5, 0.6) is 0 Å². The van der Waals surface area contributed by atoms with E-state index in [1.165, 1.54) is 6.07 Å². The molecule has 1 aromatic carbocycles. The molecule has 0 spiro atoms. The normalized spacial score (nSPS) is 10.8. The first kappa shape index (κ1) is 12.0. The van der Waals surface area contributed by atoms with Gasteiger partial charge in [-0.1, -0.05) is 11.6 Å². The van der Waals surface area contributed by atoms with Crippen LogP contribution in [0.15, 0.2) is 18.2 Å². The van der Waals surface area contributed by atoms with E-state index in [2.05, 4.69) is 0 Å². The molecule has 0 aliphatic rings. The molecule has 6 heteroatoms. The number of anilines is 1. The first-order valence-corrected chi connectivity index (χ1v) is 3.41. The second kappa shape index (κ2) is 3.83. The standard InChI is InChI=1S/C7H5ClF3N.FH/c8-4-1-2-6(12)5(3-4)7(9,10)11;/h1-3H,12H2;1H. The van der Waals surface area contributed by atoms with Crippen LogP contribution in [-0.4, -0.2) is 0 Å². The molecule has 0 aromatic heterocycles. The predicted molar refractivity (Wildman–Crippen MR) is 43.4 cm³/mol. The van der Waals surface area contributed by atoms with E-state index in [4.69, 9.17) is 17.3 Å². The van der Waals surface area contributed by atoms with Crippen molar-refractivity contribution in [1.29, 1.82) is 0 Å². The maximum atomic E-state index is 12.1. The van der Waals surface area contributed by atoms with Gasteiger partial charge in [-0.15, -0.1) is 0 Å². The third-order valence-corrected chi connectivity index (χ3v) is 1.56. The van der Waals surface area contributed by atoms with Crippen LogP contribution in [0, 0.1) is 0 Å². The number of alkyl halides is 3. The molecule has 0 radical (unpaired) electrons. The highest BCUT2D eigenvalue weighted by Gasteiger charge is 2.32. The third-order valence-electron chi connectivity index (χ3n) is 1.32. The maximum absolute atomic E-state index is 12.1. The number of nitrogens with two attached hydrogens (primary N) is 1. The van der Waals surface area contributed by atoms with Crippen molar-refractivity contribution in [3.63, 3.8) is 0 Å². The molecular formula is C7H6ClF4N. The Morgan fingerprint density at radius 2 is 1.77 bits per heavy atom. The Bertz CT molecular complexity index is 297. The summed E-state index contributed by atoms with van der Waals surface area (Å²) >= 11 is 5.37. The highest BCUT2D eigenvalue weighted by atomic mass is 35.5. The van der Waals surface area contributed by atoms with Crippen LogP contribution in [0.25, 0.3) is 0 Å². The highest BCUT2D eigenvalue weighted by Crippen LogP contribution is 2.34. The topological polar surface area (TPSA) is 26.0 Å². The van der Waals surface area contributed by atoms with Gasteiger partial charge in [0.15, 0.2) is 0 Å². The fourth-order valence-corrected chi connectivity index (χ4v) is 0.946. The molecule has 0 aliphatic heterocycles. The molecule has 0 atom stereocenters. The zero-order valence-electron chi connectivity index (χ0n) is 6.23. The fraction of sp³-hybridized carbons (Fsp3) is 0.143. The van der Waals surface area contributed by atoms with Gasteiger partial charge in [-0.2, -0.15) is 13.2 Å². The number of hydrogen-bond donors (Lipinski definition) is 1. The van der Waals surface area contributed by atoms with E-state index in [0.29, 0.717) is 0 Å².